The van der Waals surface area contributed by atoms with Crippen molar-refractivity contribution in [2.24, 2.45) is 0 Å². The summed E-state index contributed by atoms with van der Waals surface area (Å²) >= 11 is 1.20. The van der Waals surface area contributed by atoms with Gasteiger partial charge >= 0.3 is 6.18 Å². The van der Waals surface area contributed by atoms with Crippen molar-refractivity contribution in [3.8, 4) is 22.1 Å². The average Bonchev–Trinajstić information content (AvgIpc) is 3.54. The van der Waals surface area contributed by atoms with Crippen molar-refractivity contribution in [2.75, 3.05) is 5.32 Å². The molecule has 0 aliphatic carbocycles. The SMILES string of the molecule is O=C(Nc1cc(Oc2ccc(F)cc2)cc([N+](=O)[O-])c1)c1cc2nc(-c3cccs3)cc(C(F)(F)F)n2n1. The van der Waals surface area contributed by atoms with E-state index in [1.165, 1.54) is 29.5 Å². The molecule has 38 heavy (non-hydrogen) atoms. The summed E-state index contributed by atoms with van der Waals surface area (Å²) in [6.07, 6.45) is -4.79. The number of fused-ring (bicyclic) bond motifs is 1. The second-order valence-electron chi connectivity index (χ2n) is 7.78. The molecule has 5 aromatic rings. The number of nitro benzene ring substituents is 1. The van der Waals surface area contributed by atoms with E-state index in [4.69, 9.17) is 4.74 Å². The van der Waals surface area contributed by atoms with E-state index in [2.05, 4.69) is 15.4 Å². The molecule has 192 valence electrons. The van der Waals surface area contributed by atoms with Gasteiger partial charge in [0.15, 0.2) is 17.0 Å². The largest absolute Gasteiger partial charge is 0.457 e. The Morgan fingerprint density at radius 1 is 1.05 bits per heavy atom. The Morgan fingerprint density at radius 2 is 1.82 bits per heavy atom. The topological polar surface area (TPSA) is 112 Å². The third-order valence-corrected chi connectivity index (χ3v) is 6.03. The van der Waals surface area contributed by atoms with Gasteiger partial charge in [-0.1, -0.05) is 6.07 Å². The number of nitro groups is 1. The first-order valence-corrected chi connectivity index (χ1v) is 11.5. The van der Waals surface area contributed by atoms with Crippen molar-refractivity contribution in [1.82, 2.24) is 14.6 Å². The zero-order valence-corrected chi connectivity index (χ0v) is 19.6. The van der Waals surface area contributed by atoms with Crippen LogP contribution in [0.5, 0.6) is 11.5 Å². The summed E-state index contributed by atoms with van der Waals surface area (Å²) in [4.78, 5) is 28.3. The van der Waals surface area contributed by atoms with E-state index < -0.39 is 39.9 Å². The van der Waals surface area contributed by atoms with E-state index in [9.17, 15) is 32.5 Å². The number of ether oxygens (including phenoxy) is 1. The van der Waals surface area contributed by atoms with Crippen LogP contribution in [-0.4, -0.2) is 25.4 Å². The van der Waals surface area contributed by atoms with Crippen LogP contribution >= 0.6 is 11.3 Å². The van der Waals surface area contributed by atoms with Crippen molar-refractivity contribution in [2.45, 2.75) is 6.18 Å². The Balaban J connectivity index is 1.48. The molecule has 2 aromatic carbocycles. The first-order valence-electron chi connectivity index (χ1n) is 10.6. The molecule has 0 fully saturated rings. The van der Waals surface area contributed by atoms with Gasteiger partial charge < -0.3 is 10.1 Å². The maximum absolute atomic E-state index is 13.8. The Labute approximate surface area is 214 Å². The fourth-order valence-corrected chi connectivity index (χ4v) is 4.18. The molecule has 3 aromatic heterocycles. The lowest BCUT2D eigenvalue weighted by molar-refractivity contribution is -0.384. The maximum Gasteiger partial charge on any atom is 0.433 e. The van der Waals surface area contributed by atoms with Crippen LogP contribution in [0.25, 0.3) is 16.2 Å². The number of anilines is 1. The van der Waals surface area contributed by atoms with Gasteiger partial charge in [0.05, 0.1) is 27.2 Å². The Kier molecular flexibility index (Phi) is 6.24. The minimum Gasteiger partial charge on any atom is -0.457 e. The lowest BCUT2D eigenvalue weighted by Gasteiger charge is -2.10. The van der Waals surface area contributed by atoms with Crippen molar-refractivity contribution in [3.05, 3.63) is 99.4 Å². The van der Waals surface area contributed by atoms with E-state index in [1.807, 2.05) is 0 Å². The second kappa shape index (κ2) is 9.55. The molecule has 1 amide bonds. The van der Waals surface area contributed by atoms with Crippen molar-refractivity contribution in [3.63, 3.8) is 0 Å². The third kappa shape index (κ3) is 5.15. The van der Waals surface area contributed by atoms with E-state index in [-0.39, 0.29) is 28.5 Å². The summed E-state index contributed by atoms with van der Waals surface area (Å²) in [6, 6.07) is 13.5. The van der Waals surface area contributed by atoms with Crippen LogP contribution in [0.15, 0.2) is 72.1 Å². The molecule has 0 saturated heterocycles. The van der Waals surface area contributed by atoms with E-state index in [0.717, 1.165) is 36.4 Å². The minimum absolute atomic E-state index is 0.0438. The number of alkyl halides is 3. The summed E-state index contributed by atoms with van der Waals surface area (Å²) in [5.41, 5.74) is -2.20. The number of thiophene rings is 1. The highest BCUT2D eigenvalue weighted by Gasteiger charge is 2.35. The van der Waals surface area contributed by atoms with E-state index in [1.54, 1.807) is 17.5 Å². The summed E-state index contributed by atoms with van der Waals surface area (Å²) in [6.45, 7) is 0. The number of aromatic nitrogens is 3. The summed E-state index contributed by atoms with van der Waals surface area (Å²) in [5.74, 6) is -1.31. The number of nitrogens with one attached hydrogen (secondary N) is 1. The van der Waals surface area contributed by atoms with E-state index in [0.29, 0.717) is 9.39 Å². The molecule has 14 heteroatoms. The number of hydrogen-bond acceptors (Lipinski definition) is 7. The fraction of sp³-hybridized carbons (Fsp3) is 0.0417. The zero-order chi connectivity index (χ0) is 27.0. The first-order chi connectivity index (χ1) is 18.1. The van der Waals surface area contributed by atoms with Crippen LogP contribution < -0.4 is 10.1 Å². The highest BCUT2D eigenvalue weighted by atomic mass is 32.1. The Morgan fingerprint density at radius 3 is 2.47 bits per heavy atom. The fourth-order valence-electron chi connectivity index (χ4n) is 3.49. The van der Waals surface area contributed by atoms with Crippen LogP contribution in [-0.2, 0) is 6.18 Å². The van der Waals surface area contributed by atoms with Crippen LogP contribution in [0.4, 0.5) is 28.9 Å². The smallest absolute Gasteiger partial charge is 0.433 e. The number of nitrogens with zero attached hydrogens (tertiary/aromatic N) is 4. The van der Waals surface area contributed by atoms with Gasteiger partial charge in [-0.15, -0.1) is 11.3 Å². The Bertz CT molecular complexity index is 1670. The molecule has 0 aliphatic heterocycles. The number of non-ortho nitro benzene ring substituents is 1. The van der Waals surface area contributed by atoms with Gasteiger partial charge in [-0.3, -0.25) is 14.9 Å². The summed E-state index contributed by atoms with van der Waals surface area (Å²) < 4.78 is 60.5. The first kappa shape index (κ1) is 24.8. The van der Waals surface area contributed by atoms with Crippen LogP contribution in [0.3, 0.4) is 0 Å². The third-order valence-electron chi connectivity index (χ3n) is 5.13. The predicted octanol–water partition coefficient (Wildman–Crippen LogP) is 6.57. The summed E-state index contributed by atoms with van der Waals surface area (Å²) in [5, 5.41) is 19.2. The van der Waals surface area contributed by atoms with Gasteiger partial charge in [0.25, 0.3) is 11.6 Å². The number of benzene rings is 2. The molecule has 0 spiro atoms. The van der Waals surface area contributed by atoms with Crippen LogP contribution in [0.2, 0.25) is 0 Å². The Hall–Kier alpha value is -4.85. The number of amides is 1. The minimum atomic E-state index is -4.79. The standard InChI is InChI=1S/C24H13F4N5O4S/c25-13-3-5-16(6-4-13)37-17-9-14(8-15(10-17)33(35)36)29-23(34)19-12-22-30-18(20-2-1-7-38-20)11-21(24(26,27)28)32(22)31-19/h1-12H,(H,29,34). The normalized spacial score (nSPS) is 11.5. The molecular formula is C24H13F4N5O4S. The van der Waals surface area contributed by atoms with Crippen molar-refractivity contribution < 1.29 is 32.0 Å². The van der Waals surface area contributed by atoms with Crippen molar-refractivity contribution in [1.29, 1.82) is 0 Å². The molecule has 0 aliphatic rings. The lowest BCUT2D eigenvalue weighted by Crippen LogP contribution is -2.15. The number of hydrogen-bond donors (Lipinski definition) is 1. The van der Waals surface area contributed by atoms with Gasteiger partial charge in [0, 0.05) is 18.2 Å². The summed E-state index contributed by atoms with van der Waals surface area (Å²) in [7, 11) is 0. The molecule has 0 atom stereocenters. The van der Waals surface area contributed by atoms with Gasteiger partial charge in [-0.25, -0.2) is 13.9 Å². The quantitative estimate of drug-likeness (QED) is 0.147. The number of rotatable bonds is 6. The number of carbonyl (C=O) groups is 1. The molecule has 0 radical (unpaired) electrons. The molecule has 0 bridgehead atoms. The number of halogens is 4. The van der Waals surface area contributed by atoms with Gasteiger partial charge in [-0.2, -0.15) is 18.3 Å². The van der Waals surface area contributed by atoms with Crippen molar-refractivity contribution >= 4 is 34.3 Å². The second-order valence-corrected chi connectivity index (χ2v) is 8.73. The molecule has 9 nitrogen and oxygen atoms in total. The number of carbonyl (C=O) groups excluding carboxylic acids is 1. The van der Waals surface area contributed by atoms with Gasteiger partial charge in [0.1, 0.15) is 17.3 Å². The molecular weight excluding hydrogens is 530 g/mol. The predicted molar refractivity (Wildman–Crippen MR) is 129 cm³/mol. The molecule has 0 unspecified atom stereocenters. The van der Waals surface area contributed by atoms with Crippen LogP contribution in [0.1, 0.15) is 16.2 Å². The van der Waals surface area contributed by atoms with Crippen LogP contribution in [0, 0.1) is 15.9 Å². The molecule has 5 rings (SSSR count). The molecule has 3 heterocycles. The monoisotopic (exact) mass is 543 g/mol. The highest BCUT2D eigenvalue weighted by Crippen LogP contribution is 2.34. The average molecular weight is 543 g/mol. The maximum atomic E-state index is 13.8. The molecule has 0 saturated carbocycles. The van der Waals surface area contributed by atoms with Gasteiger partial charge in [-0.05, 0) is 41.8 Å². The van der Waals surface area contributed by atoms with Gasteiger partial charge in [0.2, 0.25) is 0 Å². The highest BCUT2D eigenvalue weighted by molar-refractivity contribution is 7.13. The zero-order valence-electron chi connectivity index (χ0n) is 18.8. The van der Waals surface area contributed by atoms with E-state index >= 15 is 0 Å². The lowest BCUT2D eigenvalue weighted by atomic mass is 10.2. The molecule has 1 N–H and O–H groups in total.